The van der Waals surface area contributed by atoms with Gasteiger partial charge in [0.2, 0.25) is 0 Å². The molecule has 0 bridgehead atoms. The zero-order chi connectivity index (χ0) is 17.9. The second kappa shape index (κ2) is 7.02. The molecule has 0 atom stereocenters. The molecular formula is C15H28N2O6. The summed E-state index contributed by atoms with van der Waals surface area (Å²) in [5.41, 5.74) is -2.49. The minimum atomic E-state index is -1.01. The second-order valence-corrected chi connectivity index (χ2v) is 7.26. The third-order valence-electron chi connectivity index (χ3n) is 3.94. The molecule has 8 heteroatoms. The van der Waals surface area contributed by atoms with Crippen LogP contribution in [0.4, 0.5) is 4.79 Å². The Hall–Kier alpha value is -1.38. The number of aliphatic carboxylic acids is 1. The van der Waals surface area contributed by atoms with Crippen LogP contribution in [0.5, 0.6) is 0 Å². The first-order chi connectivity index (χ1) is 10.5. The summed E-state index contributed by atoms with van der Waals surface area (Å²) in [4.78, 5) is 24.6. The Morgan fingerprint density at radius 2 is 1.74 bits per heavy atom. The van der Waals surface area contributed by atoms with Crippen molar-refractivity contribution >= 4 is 12.1 Å². The Bertz CT molecular complexity index is 427. The summed E-state index contributed by atoms with van der Waals surface area (Å²) in [5, 5.41) is 31.3. The highest BCUT2D eigenvalue weighted by atomic mass is 16.6. The molecule has 0 aromatic rings. The number of carbonyl (C=O) groups is 2. The van der Waals surface area contributed by atoms with Crippen LogP contribution >= 0.6 is 0 Å². The molecule has 0 spiro atoms. The van der Waals surface area contributed by atoms with E-state index >= 15 is 0 Å². The summed E-state index contributed by atoms with van der Waals surface area (Å²) in [6.45, 7) is 6.71. The first kappa shape index (κ1) is 19.7. The van der Waals surface area contributed by atoms with Crippen LogP contribution in [0, 0.1) is 0 Å². The monoisotopic (exact) mass is 332 g/mol. The SMILES string of the molecule is CCC(CO)(CO)NC1(CC(=O)O)CN(C(=O)OC(C)(C)C)C1. The maximum absolute atomic E-state index is 12.0. The van der Waals surface area contributed by atoms with Gasteiger partial charge in [0.05, 0.1) is 30.7 Å². The van der Waals surface area contributed by atoms with Crippen molar-refractivity contribution in [1.29, 1.82) is 0 Å². The number of hydrogen-bond acceptors (Lipinski definition) is 6. The molecule has 4 N–H and O–H groups in total. The van der Waals surface area contributed by atoms with E-state index in [9.17, 15) is 19.8 Å². The summed E-state index contributed by atoms with van der Waals surface area (Å²) in [7, 11) is 0. The topological polar surface area (TPSA) is 119 Å². The van der Waals surface area contributed by atoms with E-state index in [4.69, 9.17) is 9.84 Å². The molecule has 1 amide bonds. The zero-order valence-corrected chi connectivity index (χ0v) is 14.3. The number of rotatable bonds is 7. The molecule has 134 valence electrons. The number of likely N-dealkylation sites (tertiary alicyclic amines) is 1. The molecule has 0 aromatic heterocycles. The number of carboxylic acids is 1. The van der Waals surface area contributed by atoms with E-state index in [-0.39, 0.29) is 32.7 Å². The largest absolute Gasteiger partial charge is 0.481 e. The van der Waals surface area contributed by atoms with Gasteiger partial charge in [-0.15, -0.1) is 0 Å². The average molecular weight is 332 g/mol. The van der Waals surface area contributed by atoms with Crippen molar-refractivity contribution < 1.29 is 29.6 Å². The van der Waals surface area contributed by atoms with Crippen LogP contribution in [-0.2, 0) is 9.53 Å². The summed E-state index contributed by atoms with van der Waals surface area (Å²) >= 11 is 0. The number of amides is 1. The predicted octanol–water partition coefficient (Wildman–Crippen LogP) is 0.174. The number of aliphatic hydroxyl groups excluding tert-OH is 2. The Balaban J connectivity index is 2.81. The maximum Gasteiger partial charge on any atom is 0.410 e. The first-order valence-electron chi connectivity index (χ1n) is 7.71. The zero-order valence-electron chi connectivity index (χ0n) is 14.3. The van der Waals surface area contributed by atoms with Crippen LogP contribution in [0.3, 0.4) is 0 Å². The fourth-order valence-corrected chi connectivity index (χ4v) is 2.67. The van der Waals surface area contributed by atoms with Crippen molar-refractivity contribution in [2.75, 3.05) is 26.3 Å². The van der Waals surface area contributed by atoms with E-state index in [1.807, 2.05) is 0 Å². The van der Waals surface area contributed by atoms with Crippen molar-refractivity contribution in [3.63, 3.8) is 0 Å². The lowest BCUT2D eigenvalue weighted by molar-refractivity contribution is -0.142. The van der Waals surface area contributed by atoms with Gasteiger partial charge in [0.1, 0.15) is 5.60 Å². The van der Waals surface area contributed by atoms with E-state index in [1.54, 1.807) is 27.7 Å². The summed E-state index contributed by atoms with van der Waals surface area (Å²) in [5.74, 6) is -1.01. The van der Waals surface area contributed by atoms with Gasteiger partial charge in [0, 0.05) is 13.1 Å². The Morgan fingerprint density at radius 1 is 1.22 bits per heavy atom. The van der Waals surface area contributed by atoms with Gasteiger partial charge in [-0.2, -0.15) is 0 Å². The lowest BCUT2D eigenvalue weighted by Gasteiger charge is -2.53. The molecule has 1 fully saturated rings. The molecule has 1 aliphatic heterocycles. The lowest BCUT2D eigenvalue weighted by Crippen LogP contribution is -2.76. The Morgan fingerprint density at radius 3 is 2.09 bits per heavy atom. The van der Waals surface area contributed by atoms with E-state index in [1.165, 1.54) is 4.90 Å². The number of ether oxygens (including phenoxy) is 1. The van der Waals surface area contributed by atoms with Gasteiger partial charge in [-0.3, -0.25) is 10.1 Å². The lowest BCUT2D eigenvalue weighted by atomic mass is 9.82. The molecule has 0 unspecified atom stereocenters. The standard InChI is InChI=1S/C15H28N2O6/c1-5-14(9-18,10-19)16-15(6-11(20)21)7-17(8-15)12(22)23-13(2,3)4/h16,18-19H,5-10H2,1-4H3,(H,20,21). The minimum Gasteiger partial charge on any atom is -0.481 e. The second-order valence-electron chi connectivity index (χ2n) is 7.26. The smallest absolute Gasteiger partial charge is 0.410 e. The van der Waals surface area contributed by atoms with E-state index in [0.717, 1.165) is 0 Å². The van der Waals surface area contributed by atoms with Gasteiger partial charge in [-0.25, -0.2) is 4.79 Å². The number of carboxylic acid groups (broad SMARTS) is 1. The van der Waals surface area contributed by atoms with Crippen molar-refractivity contribution in [2.24, 2.45) is 0 Å². The van der Waals surface area contributed by atoms with Crippen molar-refractivity contribution in [1.82, 2.24) is 10.2 Å². The number of aliphatic hydroxyl groups is 2. The Kier molecular flexibility index (Phi) is 6.00. The van der Waals surface area contributed by atoms with Crippen LogP contribution < -0.4 is 5.32 Å². The molecule has 1 heterocycles. The van der Waals surface area contributed by atoms with Gasteiger partial charge in [-0.1, -0.05) is 6.92 Å². The fourth-order valence-electron chi connectivity index (χ4n) is 2.67. The van der Waals surface area contributed by atoms with E-state index < -0.39 is 28.7 Å². The van der Waals surface area contributed by atoms with Crippen LogP contribution in [-0.4, -0.2) is 75.3 Å². The average Bonchev–Trinajstić information content (AvgIpc) is 2.39. The van der Waals surface area contributed by atoms with Crippen molar-refractivity contribution in [3.05, 3.63) is 0 Å². The molecule has 1 rings (SSSR count). The molecule has 0 aliphatic carbocycles. The molecule has 8 nitrogen and oxygen atoms in total. The van der Waals surface area contributed by atoms with Gasteiger partial charge in [0.25, 0.3) is 0 Å². The third-order valence-corrected chi connectivity index (χ3v) is 3.94. The van der Waals surface area contributed by atoms with Gasteiger partial charge < -0.3 is 25.0 Å². The number of carbonyl (C=O) groups excluding carboxylic acids is 1. The molecule has 0 aromatic carbocycles. The third kappa shape index (κ3) is 5.05. The Labute approximate surface area is 136 Å². The first-order valence-corrected chi connectivity index (χ1v) is 7.71. The molecule has 23 heavy (non-hydrogen) atoms. The van der Waals surface area contributed by atoms with Crippen LogP contribution in [0.2, 0.25) is 0 Å². The molecule has 1 aliphatic rings. The molecule has 0 radical (unpaired) electrons. The fraction of sp³-hybridized carbons (Fsp3) is 0.867. The highest BCUT2D eigenvalue weighted by molar-refractivity contribution is 5.73. The normalized spacial score (nSPS) is 17.6. The molecule has 1 saturated heterocycles. The quantitative estimate of drug-likeness (QED) is 0.525. The summed E-state index contributed by atoms with van der Waals surface area (Å²) in [6, 6.07) is 0. The van der Waals surface area contributed by atoms with Gasteiger partial charge in [-0.05, 0) is 27.2 Å². The van der Waals surface area contributed by atoms with E-state index in [2.05, 4.69) is 5.32 Å². The van der Waals surface area contributed by atoms with Crippen LogP contribution in [0.25, 0.3) is 0 Å². The highest BCUT2D eigenvalue weighted by Crippen LogP contribution is 2.30. The maximum atomic E-state index is 12.0. The number of hydrogen-bond donors (Lipinski definition) is 4. The summed E-state index contributed by atoms with van der Waals surface area (Å²) in [6.07, 6.45) is -0.294. The number of nitrogens with one attached hydrogen (secondary N) is 1. The van der Waals surface area contributed by atoms with Crippen molar-refractivity contribution in [3.8, 4) is 0 Å². The molecular weight excluding hydrogens is 304 g/mol. The minimum absolute atomic E-state index is 0.149. The van der Waals surface area contributed by atoms with Gasteiger partial charge >= 0.3 is 12.1 Å². The summed E-state index contributed by atoms with van der Waals surface area (Å²) < 4.78 is 5.26. The van der Waals surface area contributed by atoms with Crippen molar-refractivity contribution in [2.45, 2.75) is 57.2 Å². The van der Waals surface area contributed by atoms with E-state index in [0.29, 0.717) is 6.42 Å². The van der Waals surface area contributed by atoms with Gasteiger partial charge in [0.15, 0.2) is 0 Å². The number of nitrogens with zero attached hydrogens (tertiary/aromatic N) is 1. The van der Waals surface area contributed by atoms with Crippen LogP contribution in [0.15, 0.2) is 0 Å². The highest BCUT2D eigenvalue weighted by Gasteiger charge is 2.51. The predicted molar refractivity (Wildman–Crippen MR) is 83.1 cm³/mol. The molecule has 0 saturated carbocycles. The van der Waals surface area contributed by atoms with Crippen LogP contribution in [0.1, 0.15) is 40.5 Å².